The normalized spacial score (nSPS) is 12.0. The summed E-state index contributed by atoms with van der Waals surface area (Å²) in [5.41, 5.74) is -0.165. The molecule has 0 saturated heterocycles. The third kappa shape index (κ3) is 4.72. The van der Waals surface area contributed by atoms with E-state index in [1.54, 1.807) is 20.8 Å². The van der Waals surface area contributed by atoms with Gasteiger partial charge in [-0.2, -0.15) is 0 Å². The van der Waals surface area contributed by atoms with E-state index in [2.05, 4.69) is 5.32 Å². The molecule has 0 aliphatic carbocycles. The van der Waals surface area contributed by atoms with Crippen molar-refractivity contribution in [1.82, 2.24) is 0 Å². The summed E-state index contributed by atoms with van der Waals surface area (Å²) in [7, 11) is -3.72. The lowest BCUT2D eigenvalue weighted by Crippen LogP contribution is -2.27. The molecular weight excluding hydrogens is 256 g/mol. The van der Waals surface area contributed by atoms with Crippen molar-refractivity contribution >= 4 is 21.8 Å². The second-order valence-corrected chi connectivity index (χ2v) is 6.26. The highest BCUT2D eigenvalue weighted by Crippen LogP contribution is 2.14. The Balaban J connectivity index is 2.73. The summed E-state index contributed by atoms with van der Waals surface area (Å²) in [6, 6.07) is 5.48. The number of rotatable bonds is 2. The Morgan fingerprint density at radius 1 is 1.22 bits per heavy atom. The number of amides is 1. The standard InChI is InChI=1S/C11H16N2O4S/c1-11(2,3)17-10(14)13-8-4-6-9(7-5-8)18(12,15)16/h4-7H,1-3H3,(H,13,14)(H2,12,15,16). The third-order valence-electron chi connectivity index (χ3n) is 1.83. The number of benzene rings is 1. The Morgan fingerprint density at radius 3 is 2.11 bits per heavy atom. The van der Waals surface area contributed by atoms with Gasteiger partial charge in [0.2, 0.25) is 10.0 Å². The van der Waals surface area contributed by atoms with E-state index in [-0.39, 0.29) is 4.90 Å². The Kier molecular flexibility index (Phi) is 3.98. The van der Waals surface area contributed by atoms with Gasteiger partial charge in [-0.05, 0) is 45.0 Å². The summed E-state index contributed by atoms with van der Waals surface area (Å²) in [5, 5.41) is 7.43. The van der Waals surface area contributed by atoms with Crippen LogP contribution in [0, 0.1) is 0 Å². The number of nitrogens with two attached hydrogens (primary N) is 1. The minimum absolute atomic E-state index is 0.0164. The van der Waals surface area contributed by atoms with Gasteiger partial charge in [-0.15, -0.1) is 0 Å². The molecule has 1 rings (SSSR count). The predicted molar refractivity (Wildman–Crippen MR) is 67.7 cm³/mol. The molecule has 0 bridgehead atoms. The summed E-state index contributed by atoms with van der Waals surface area (Å²) < 4.78 is 27.1. The first-order chi connectivity index (χ1) is 8.08. The average Bonchev–Trinajstić information content (AvgIpc) is 2.13. The van der Waals surface area contributed by atoms with Crippen molar-refractivity contribution in [3.8, 4) is 0 Å². The van der Waals surface area contributed by atoms with Crippen molar-refractivity contribution < 1.29 is 17.9 Å². The van der Waals surface area contributed by atoms with Gasteiger partial charge >= 0.3 is 6.09 Å². The molecule has 0 unspecified atom stereocenters. The lowest BCUT2D eigenvalue weighted by molar-refractivity contribution is 0.0636. The molecule has 0 atom stereocenters. The highest BCUT2D eigenvalue weighted by atomic mass is 32.2. The van der Waals surface area contributed by atoms with Gasteiger partial charge in [-0.1, -0.05) is 0 Å². The van der Waals surface area contributed by atoms with Gasteiger partial charge in [0.05, 0.1) is 4.90 Å². The molecule has 18 heavy (non-hydrogen) atoms. The van der Waals surface area contributed by atoms with Gasteiger partial charge < -0.3 is 4.74 Å². The van der Waals surface area contributed by atoms with E-state index in [9.17, 15) is 13.2 Å². The van der Waals surface area contributed by atoms with Gasteiger partial charge in [-0.3, -0.25) is 5.32 Å². The minimum Gasteiger partial charge on any atom is -0.444 e. The fraction of sp³-hybridized carbons (Fsp3) is 0.364. The summed E-state index contributed by atoms with van der Waals surface area (Å²) in [6.07, 6.45) is -0.606. The molecule has 0 aromatic heterocycles. The van der Waals surface area contributed by atoms with Crippen LogP contribution in [0.5, 0.6) is 0 Å². The first kappa shape index (κ1) is 14.5. The lowest BCUT2D eigenvalue weighted by atomic mass is 10.2. The Hall–Kier alpha value is -1.60. The number of ether oxygens (including phenoxy) is 1. The lowest BCUT2D eigenvalue weighted by Gasteiger charge is -2.19. The molecule has 1 aromatic carbocycles. The summed E-state index contributed by atoms with van der Waals surface area (Å²) >= 11 is 0. The smallest absolute Gasteiger partial charge is 0.412 e. The Labute approximate surface area is 106 Å². The molecular formula is C11H16N2O4S. The minimum atomic E-state index is -3.72. The molecule has 0 saturated carbocycles. The van der Waals surface area contributed by atoms with Crippen molar-refractivity contribution in [3.63, 3.8) is 0 Å². The fourth-order valence-corrected chi connectivity index (χ4v) is 1.66. The maximum Gasteiger partial charge on any atom is 0.412 e. The van der Waals surface area contributed by atoms with Crippen LogP contribution in [-0.2, 0) is 14.8 Å². The monoisotopic (exact) mass is 272 g/mol. The van der Waals surface area contributed by atoms with Gasteiger partial charge in [0.25, 0.3) is 0 Å². The summed E-state index contributed by atoms with van der Waals surface area (Å²) in [6.45, 7) is 5.24. The molecule has 0 radical (unpaired) electrons. The van der Waals surface area contributed by atoms with Crippen LogP contribution in [0.15, 0.2) is 29.2 Å². The number of carbonyl (C=O) groups is 1. The maximum atomic E-state index is 11.4. The number of carbonyl (C=O) groups excluding carboxylic acids is 1. The number of hydrogen-bond acceptors (Lipinski definition) is 4. The largest absolute Gasteiger partial charge is 0.444 e. The molecule has 100 valence electrons. The molecule has 1 amide bonds. The molecule has 3 N–H and O–H groups in total. The van der Waals surface area contributed by atoms with Crippen LogP contribution < -0.4 is 10.5 Å². The molecule has 0 aliphatic heterocycles. The molecule has 0 spiro atoms. The van der Waals surface area contributed by atoms with Crippen LogP contribution in [0.4, 0.5) is 10.5 Å². The van der Waals surface area contributed by atoms with Crippen LogP contribution in [0.2, 0.25) is 0 Å². The Bertz CT molecular complexity index is 529. The van der Waals surface area contributed by atoms with E-state index >= 15 is 0 Å². The average molecular weight is 272 g/mol. The highest BCUT2D eigenvalue weighted by Gasteiger charge is 2.16. The highest BCUT2D eigenvalue weighted by molar-refractivity contribution is 7.89. The van der Waals surface area contributed by atoms with Crippen molar-refractivity contribution in [3.05, 3.63) is 24.3 Å². The number of hydrogen-bond donors (Lipinski definition) is 2. The van der Waals surface area contributed by atoms with E-state index in [1.165, 1.54) is 24.3 Å². The van der Waals surface area contributed by atoms with Crippen molar-refractivity contribution in [2.75, 3.05) is 5.32 Å². The van der Waals surface area contributed by atoms with E-state index in [4.69, 9.17) is 9.88 Å². The van der Waals surface area contributed by atoms with Crippen molar-refractivity contribution in [1.29, 1.82) is 0 Å². The Morgan fingerprint density at radius 2 is 1.72 bits per heavy atom. The first-order valence-corrected chi connectivity index (χ1v) is 6.75. The second kappa shape index (κ2) is 4.95. The number of anilines is 1. The van der Waals surface area contributed by atoms with E-state index in [0.717, 1.165) is 0 Å². The molecule has 1 aromatic rings. The van der Waals surface area contributed by atoms with Gasteiger partial charge in [-0.25, -0.2) is 18.4 Å². The second-order valence-electron chi connectivity index (χ2n) is 4.70. The molecule has 0 fully saturated rings. The molecule has 6 nitrogen and oxygen atoms in total. The number of sulfonamides is 1. The van der Waals surface area contributed by atoms with Crippen LogP contribution in [-0.4, -0.2) is 20.1 Å². The topological polar surface area (TPSA) is 98.5 Å². The van der Waals surface area contributed by atoms with Crippen LogP contribution in [0.3, 0.4) is 0 Å². The summed E-state index contributed by atoms with van der Waals surface area (Å²) in [4.78, 5) is 11.4. The zero-order valence-corrected chi connectivity index (χ0v) is 11.2. The van der Waals surface area contributed by atoms with Crippen LogP contribution in [0.1, 0.15) is 20.8 Å². The van der Waals surface area contributed by atoms with Gasteiger partial charge in [0, 0.05) is 5.69 Å². The third-order valence-corrected chi connectivity index (χ3v) is 2.76. The van der Waals surface area contributed by atoms with Crippen LogP contribution >= 0.6 is 0 Å². The quantitative estimate of drug-likeness (QED) is 0.855. The maximum absolute atomic E-state index is 11.4. The fourth-order valence-electron chi connectivity index (χ4n) is 1.15. The number of nitrogens with one attached hydrogen (secondary N) is 1. The number of primary sulfonamides is 1. The summed E-state index contributed by atoms with van der Waals surface area (Å²) in [5.74, 6) is 0. The van der Waals surface area contributed by atoms with Gasteiger partial charge in [0.1, 0.15) is 5.60 Å². The molecule has 7 heteroatoms. The zero-order valence-electron chi connectivity index (χ0n) is 10.4. The van der Waals surface area contributed by atoms with E-state index in [0.29, 0.717) is 5.69 Å². The van der Waals surface area contributed by atoms with E-state index in [1.807, 2.05) is 0 Å². The van der Waals surface area contributed by atoms with Crippen molar-refractivity contribution in [2.45, 2.75) is 31.3 Å². The van der Waals surface area contributed by atoms with Crippen LogP contribution in [0.25, 0.3) is 0 Å². The first-order valence-electron chi connectivity index (χ1n) is 5.21. The zero-order chi connectivity index (χ0) is 14.0. The predicted octanol–water partition coefficient (Wildman–Crippen LogP) is 1.68. The molecule has 0 aliphatic rings. The van der Waals surface area contributed by atoms with E-state index < -0.39 is 21.7 Å². The van der Waals surface area contributed by atoms with Crippen molar-refractivity contribution in [2.24, 2.45) is 5.14 Å². The SMILES string of the molecule is CC(C)(C)OC(=O)Nc1ccc(S(N)(=O)=O)cc1. The molecule has 0 heterocycles. The van der Waals surface area contributed by atoms with Gasteiger partial charge in [0.15, 0.2) is 0 Å².